The van der Waals surface area contributed by atoms with Gasteiger partial charge in [-0.25, -0.2) is 0 Å². The molecule has 0 fully saturated rings. The molecule has 0 aliphatic heterocycles. The normalized spacial score (nSPS) is 14.8. The second kappa shape index (κ2) is 8.21. The SMILES string of the molecule is CCC(C)(C)[C@H](N)C(=O)O.CCC(C)(C)[C@H](N)C(=O)O. The first-order valence-electron chi connectivity index (χ1n) is 6.80. The van der Waals surface area contributed by atoms with Gasteiger partial charge in [-0.3, -0.25) is 9.59 Å². The van der Waals surface area contributed by atoms with E-state index >= 15 is 0 Å². The fraction of sp³-hybridized carbons (Fsp3) is 0.857. The van der Waals surface area contributed by atoms with Gasteiger partial charge in [-0.2, -0.15) is 0 Å². The van der Waals surface area contributed by atoms with E-state index in [2.05, 4.69) is 0 Å². The summed E-state index contributed by atoms with van der Waals surface area (Å²) in [6.45, 7) is 11.3. The minimum absolute atomic E-state index is 0.300. The summed E-state index contributed by atoms with van der Waals surface area (Å²) in [4.78, 5) is 20.8. The van der Waals surface area contributed by atoms with E-state index in [9.17, 15) is 9.59 Å². The lowest BCUT2D eigenvalue weighted by molar-refractivity contribution is -0.142. The van der Waals surface area contributed by atoms with Gasteiger partial charge >= 0.3 is 11.9 Å². The second-order valence-electron chi connectivity index (χ2n) is 6.32. The molecule has 20 heavy (non-hydrogen) atoms. The summed E-state index contributed by atoms with van der Waals surface area (Å²) in [5.41, 5.74) is 10.2. The molecule has 0 rings (SSSR count). The Balaban J connectivity index is 0. The van der Waals surface area contributed by atoms with Gasteiger partial charge in [0.15, 0.2) is 0 Å². The first kappa shape index (κ1) is 21.2. The van der Waals surface area contributed by atoms with Gasteiger partial charge in [-0.15, -0.1) is 0 Å². The lowest BCUT2D eigenvalue weighted by Crippen LogP contribution is -2.43. The van der Waals surface area contributed by atoms with E-state index in [1.54, 1.807) is 0 Å². The highest BCUT2D eigenvalue weighted by atomic mass is 16.4. The van der Waals surface area contributed by atoms with Crippen LogP contribution < -0.4 is 11.5 Å². The highest BCUT2D eigenvalue weighted by molar-refractivity contribution is 5.74. The van der Waals surface area contributed by atoms with Crippen molar-refractivity contribution in [1.29, 1.82) is 0 Å². The Bertz CT molecular complexity index is 295. The van der Waals surface area contributed by atoms with E-state index in [0.717, 1.165) is 12.8 Å². The third-order valence-electron chi connectivity index (χ3n) is 4.04. The Morgan fingerprint density at radius 2 is 1.05 bits per heavy atom. The molecule has 0 radical (unpaired) electrons. The van der Waals surface area contributed by atoms with Crippen LogP contribution in [-0.4, -0.2) is 34.2 Å². The summed E-state index contributed by atoms with van der Waals surface area (Å²) in [7, 11) is 0. The first-order valence-corrected chi connectivity index (χ1v) is 6.80. The van der Waals surface area contributed by atoms with Gasteiger partial charge in [0.1, 0.15) is 12.1 Å². The van der Waals surface area contributed by atoms with Crippen molar-refractivity contribution in [1.82, 2.24) is 0 Å². The molecule has 0 amide bonds. The molecular formula is C14H30N2O4. The highest BCUT2D eigenvalue weighted by Gasteiger charge is 2.30. The number of hydrogen-bond donors (Lipinski definition) is 4. The highest BCUT2D eigenvalue weighted by Crippen LogP contribution is 2.23. The molecule has 0 aromatic rings. The summed E-state index contributed by atoms with van der Waals surface area (Å²) >= 11 is 0. The van der Waals surface area contributed by atoms with Gasteiger partial charge in [0, 0.05) is 0 Å². The molecule has 0 heterocycles. The van der Waals surface area contributed by atoms with Crippen molar-refractivity contribution in [3.8, 4) is 0 Å². The molecule has 0 unspecified atom stereocenters. The summed E-state index contributed by atoms with van der Waals surface area (Å²) in [5.74, 6) is -1.85. The fourth-order valence-electron chi connectivity index (χ4n) is 1.11. The molecule has 0 aliphatic rings. The van der Waals surface area contributed by atoms with Gasteiger partial charge in [0.25, 0.3) is 0 Å². The Morgan fingerprint density at radius 3 is 1.10 bits per heavy atom. The lowest BCUT2D eigenvalue weighted by Gasteiger charge is -2.26. The molecule has 0 bridgehead atoms. The zero-order chi connectivity index (χ0) is 16.7. The number of carboxylic acids is 2. The second-order valence-corrected chi connectivity index (χ2v) is 6.32. The summed E-state index contributed by atoms with van der Waals surface area (Å²) in [5, 5.41) is 17.0. The molecule has 6 heteroatoms. The Morgan fingerprint density at radius 1 is 0.850 bits per heavy atom. The molecule has 6 N–H and O–H groups in total. The van der Waals surface area contributed by atoms with Crippen molar-refractivity contribution in [2.24, 2.45) is 22.3 Å². The average molecular weight is 290 g/mol. The molecule has 0 aromatic carbocycles. The maximum absolute atomic E-state index is 10.4. The van der Waals surface area contributed by atoms with E-state index in [1.165, 1.54) is 0 Å². The van der Waals surface area contributed by atoms with Gasteiger partial charge in [-0.05, 0) is 23.7 Å². The van der Waals surface area contributed by atoms with E-state index in [4.69, 9.17) is 21.7 Å². The third kappa shape index (κ3) is 6.86. The van der Waals surface area contributed by atoms with Gasteiger partial charge in [0.05, 0.1) is 0 Å². The topological polar surface area (TPSA) is 127 Å². The zero-order valence-corrected chi connectivity index (χ0v) is 13.4. The molecule has 2 atom stereocenters. The van der Waals surface area contributed by atoms with Crippen LogP contribution in [0.2, 0.25) is 0 Å². The van der Waals surface area contributed by atoms with Gasteiger partial charge in [0.2, 0.25) is 0 Å². The summed E-state index contributed by atoms with van der Waals surface area (Å²) < 4.78 is 0. The zero-order valence-electron chi connectivity index (χ0n) is 13.4. The Labute approximate surface area is 121 Å². The van der Waals surface area contributed by atoms with Crippen molar-refractivity contribution < 1.29 is 19.8 Å². The first-order chi connectivity index (χ1) is 8.83. The number of carboxylic acid groups (broad SMARTS) is 2. The molecular weight excluding hydrogens is 260 g/mol. The van der Waals surface area contributed by atoms with Crippen LogP contribution in [0.25, 0.3) is 0 Å². The summed E-state index contributed by atoms with van der Waals surface area (Å²) in [6, 6.07) is -1.50. The van der Waals surface area contributed by atoms with E-state index in [0.29, 0.717) is 0 Å². The van der Waals surface area contributed by atoms with E-state index in [-0.39, 0.29) is 10.8 Å². The molecule has 6 nitrogen and oxygen atoms in total. The third-order valence-corrected chi connectivity index (χ3v) is 4.04. The predicted octanol–water partition coefficient (Wildman–Crippen LogP) is 1.67. The predicted molar refractivity (Wildman–Crippen MR) is 79.4 cm³/mol. The standard InChI is InChI=1S/2C7H15NO2/c2*1-4-7(2,3)5(8)6(9)10/h2*5H,4,8H2,1-3H3,(H,9,10)/t2*5-/m11/s1. The van der Waals surface area contributed by atoms with Gasteiger partial charge in [-0.1, -0.05) is 41.5 Å². The number of carbonyl (C=O) groups is 2. The average Bonchev–Trinajstić information content (AvgIpc) is 2.37. The van der Waals surface area contributed by atoms with E-state index in [1.807, 2.05) is 41.5 Å². The van der Waals surface area contributed by atoms with Crippen molar-refractivity contribution in [2.75, 3.05) is 0 Å². The van der Waals surface area contributed by atoms with Crippen LogP contribution in [0.3, 0.4) is 0 Å². The smallest absolute Gasteiger partial charge is 0.321 e. The van der Waals surface area contributed by atoms with Crippen LogP contribution in [0.5, 0.6) is 0 Å². The maximum Gasteiger partial charge on any atom is 0.321 e. The number of hydrogen-bond acceptors (Lipinski definition) is 4. The van der Waals surface area contributed by atoms with Crippen LogP contribution in [0, 0.1) is 10.8 Å². The molecule has 0 saturated carbocycles. The monoisotopic (exact) mass is 290 g/mol. The quantitative estimate of drug-likeness (QED) is 0.589. The number of nitrogens with two attached hydrogens (primary N) is 2. The summed E-state index contributed by atoms with van der Waals surface area (Å²) in [6.07, 6.45) is 1.56. The van der Waals surface area contributed by atoms with E-state index < -0.39 is 24.0 Å². The lowest BCUT2D eigenvalue weighted by atomic mass is 9.82. The van der Waals surface area contributed by atoms with Crippen molar-refractivity contribution in [3.63, 3.8) is 0 Å². The number of aliphatic carboxylic acids is 2. The molecule has 0 saturated heterocycles. The van der Waals surface area contributed by atoms with Crippen molar-refractivity contribution >= 4 is 11.9 Å². The molecule has 0 aliphatic carbocycles. The number of rotatable bonds is 6. The van der Waals surface area contributed by atoms with Crippen LogP contribution >= 0.6 is 0 Å². The van der Waals surface area contributed by atoms with Crippen molar-refractivity contribution in [3.05, 3.63) is 0 Å². The fourth-order valence-corrected chi connectivity index (χ4v) is 1.11. The largest absolute Gasteiger partial charge is 0.480 e. The van der Waals surface area contributed by atoms with Crippen LogP contribution in [0.1, 0.15) is 54.4 Å². The molecule has 120 valence electrons. The minimum atomic E-state index is -0.924. The Kier molecular flexibility index (Phi) is 8.69. The maximum atomic E-state index is 10.4. The van der Waals surface area contributed by atoms with Crippen LogP contribution in [0.4, 0.5) is 0 Å². The van der Waals surface area contributed by atoms with Crippen LogP contribution in [0.15, 0.2) is 0 Å². The molecule has 0 aromatic heterocycles. The van der Waals surface area contributed by atoms with Gasteiger partial charge < -0.3 is 21.7 Å². The minimum Gasteiger partial charge on any atom is -0.480 e. The van der Waals surface area contributed by atoms with Crippen LogP contribution in [-0.2, 0) is 9.59 Å². The Hall–Kier alpha value is -1.14. The van der Waals surface area contributed by atoms with Crippen molar-refractivity contribution in [2.45, 2.75) is 66.5 Å². The molecule has 0 spiro atoms.